The Morgan fingerprint density at radius 1 is 1.36 bits per heavy atom. The molecule has 2 bridgehead atoms. The highest BCUT2D eigenvalue weighted by Gasteiger charge is 2.54. The van der Waals surface area contributed by atoms with Gasteiger partial charge in [0.25, 0.3) is 0 Å². The SMILES string of the molecule is C=C(C)C(=O)O[C@H]1C/C(C)=C\C2(OCCC)C=C(C)C(O2)[C@H]2OC(=O)C(=C)[C@H]12. The summed E-state index contributed by atoms with van der Waals surface area (Å²) < 4.78 is 23.7. The summed E-state index contributed by atoms with van der Waals surface area (Å²) in [6.45, 7) is 15.6. The first-order valence-corrected chi connectivity index (χ1v) is 9.63. The summed E-state index contributed by atoms with van der Waals surface area (Å²) in [5.41, 5.74) is 2.42. The molecule has 0 spiro atoms. The van der Waals surface area contributed by atoms with Gasteiger partial charge in [-0.3, -0.25) is 0 Å². The molecule has 0 aromatic rings. The minimum atomic E-state index is -1.01. The van der Waals surface area contributed by atoms with Gasteiger partial charge >= 0.3 is 11.9 Å². The molecule has 6 nitrogen and oxygen atoms in total. The fourth-order valence-electron chi connectivity index (χ4n) is 4.00. The largest absolute Gasteiger partial charge is 0.458 e. The van der Waals surface area contributed by atoms with E-state index in [4.69, 9.17) is 18.9 Å². The molecule has 3 aliphatic heterocycles. The molecule has 152 valence electrons. The standard InChI is InChI=1S/C22H28O6/c1-7-8-25-22-10-13(4)9-16(26-20(23)12(2)3)17-15(6)21(24)27-19(17)18(28-22)14(5)11-22/h10-11,16-19H,2,6-9H2,1,3-5H3/b13-10-/t16-,17+,18?,19-,22?/m0/s1. The van der Waals surface area contributed by atoms with E-state index >= 15 is 0 Å². The molecule has 0 saturated carbocycles. The van der Waals surface area contributed by atoms with Crippen molar-refractivity contribution >= 4 is 11.9 Å². The van der Waals surface area contributed by atoms with E-state index in [9.17, 15) is 9.59 Å². The zero-order valence-corrected chi connectivity index (χ0v) is 16.9. The third kappa shape index (κ3) is 3.71. The normalized spacial score (nSPS) is 36.3. The van der Waals surface area contributed by atoms with Crippen molar-refractivity contribution in [1.29, 1.82) is 0 Å². The number of ether oxygens (including phenoxy) is 4. The molecule has 0 aromatic heterocycles. The van der Waals surface area contributed by atoms with Crippen LogP contribution in [-0.2, 0) is 28.5 Å². The molecule has 28 heavy (non-hydrogen) atoms. The zero-order valence-electron chi connectivity index (χ0n) is 16.9. The van der Waals surface area contributed by atoms with Gasteiger partial charge < -0.3 is 18.9 Å². The molecule has 3 rings (SSSR count). The highest BCUT2D eigenvalue weighted by molar-refractivity contribution is 5.91. The van der Waals surface area contributed by atoms with Crippen molar-refractivity contribution in [3.8, 4) is 0 Å². The first-order valence-electron chi connectivity index (χ1n) is 9.63. The third-order valence-corrected chi connectivity index (χ3v) is 5.26. The van der Waals surface area contributed by atoms with Gasteiger partial charge in [-0.25, -0.2) is 9.59 Å². The Morgan fingerprint density at radius 2 is 2.07 bits per heavy atom. The van der Waals surface area contributed by atoms with E-state index in [2.05, 4.69) is 13.2 Å². The number of rotatable bonds is 5. The third-order valence-electron chi connectivity index (χ3n) is 5.26. The van der Waals surface area contributed by atoms with Crippen molar-refractivity contribution in [3.05, 3.63) is 47.6 Å². The van der Waals surface area contributed by atoms with E-state index in [0.29, 0.717) is 24.2 Å². The smallest absolute Gasteiger partial charge is 0.334 e. The van der Waals surface area contributed by atoms with Crippen LogP contribution in [0.3, 0.4) is 0 Å². The number of fused-ring (bicyclic) bond motifs is 4. The maximum Gasteiger partial charge on any atom is 0.334 e. The second-order valence-electron chi connectivity index (χ2n) is 7.84. The van der Waals surface area contributed by atoms with E-state index in [1.807, 2.05) is 32.9 Å². The highest BCUT2D eigenvalue weighted by Crippen LogP contribution is 2.44. The molecular formula is C22H28O6. The van der Waals surface area contributed by atoms with Crippen LogP contribution in [0, 0.1) is 5.92 Å². The molecule has 3 aliphatic rings. The van der Waals surface area contributed by atoms with Crippen molar-refractivity contribution in [2.24, 2.45) is 5.92 Å². The average Bonchev–Trinajstić information content (AvgIpc) is 3.10. The van der Waals surface area contributed by atoms with E-state index in [1.54, 1.807) is 6.92 Å². The predicted molar refractivity (Wildman–Crippen MR) is 103 cm³/mol. The zero-order chi connectivity index (χ0) is 20.6. The minimum absolute atomic E-state index is 0.294. The molecule has 0 aliphatic carbocycles. The summed E-state index contributed by atoms with van der Waals surface area (Å²) in [6.07, 6.45) is 3.36. The molecule has 6 heteroatoms. The van der Waals surface area contributed by atoms with Crippen LogP contribution in [0.25, 0.3) is 0 Å². The Kier molecular flexibility index (Phi) is 5.64. The van der Waals surface area contributed by atoms with Crippen LogP contribution in [-0.4, -0.2) is 42.6 Å². The summed E-state index contributed by atoms with van der Waals surface area (Å²) in [4.78, 5) is 24.6. The first-order chi connectivity index (χ1) is 13.2. The van der Waals surface area contributed by atoms with Crippen LogP contribution in [0.4, 0.5) is 0 Å². The maximum absolute atomic E-state index is 12.3. The number of carbonyl (C=O) groups excluding carboxylic acids is 2. The summed E-state index contributed by atoms with van der Waals surface area (Å²) in [7, 11) is 0. The van der Waals surface area contributed by atoms with Gasteiger partial charge in [0.2, 0.25) is 5.79 Å². The molecule has 3 heterocycles. The second kappa shape index (κ2) is 7.68. The highest BCUT2D eigenvalue weighted by atomic mass is 16.7. The summed E-state index contributed by atoms with van der Waals surface area (Å²) in [5, 5.41) is 0. The number of hydrogen-bond acceptors (Lipinski definition) is 6. The lowest BCUT2D eigenvalue weighted by Crippen LogP contribution is -2.42. The van der Waals surface area contributed by atoms with Gasteiger partial charge in [0.05, 0.1) is 12.5 Å². The molecule has 0 amide bonds. The average molecular weight is 388 g/mol. The van der Waals surface area contributed by atoms with E-state index in [1.165, 1.54) is 0 Å². The molecule has 1 fully saturated rings. The quantitative estimate of drug-likeness (QED) is 0.408. The molecule has 0 N–H and O–H groups in total. The lowest BCUT2D eigenvalue weighted by atomic mass is 9.83. The van der Waals surface area contributed by atoms with Crippen molar-refractivity contribution in [1.82, 2.24) is 0 Å². The van der Waals surface area contributed by atoms with Crippen LogP contribution in [0.1, 0.15) is 40.5 Å². The van der Waals surface area contributed by atoms with Gasteiger partial charge in [-0.15, -0.1) is 0 Å². The van der Waals surface area contributed by atoms with Gasteiger partial charge in [-0.2, -0.15) is 0 Å². The summed E-state index contributed by atoms with van der Waals surface area (Å²) >= 11 is 0. The van der Waals surface area contributed by atoms with Gasteiger partial charge in [-0.05, 0) is 44.9 Å². The minimum Gasteiger partial charge on any atom is -0.458 e. The Bertz CT molecular complexity index is 776. The summed E-state index contributed by atoms with van der Waals surface area (Å²) in [5.74, 6) is -2.51. The number of esters is 2. The van der Waals surface area contributed by atoms with Gasteiger partial charge in [0.1, 0.15) is 18.3 Å². The lowest BCUT2D eigenvalue weighted by molar-refractivity contribution is -0.200. The van der Waals surface area contributed by atoms with Crippen molar-refractivity contribution in [3.63, 3.8) is 0 Å². The van der Waals surface area contributed by atoms with Crippen LogP contribution in [0.5, 0.6) is 0 Å². The Morgan fingerprint density at radius 3 is 2.71 bits per heavy atom. The maximum atomic E-state index is 12.3. The molecule has 0 aromatic carbocycles. The second-order valence-corrected chi connectivity index (χ2v) is 7.84. The van der Waals surface area contributed by atoms with Crippen LogP contribution >= 0.6 is 0 Å². The van der Waals surface area contributed by atoms with Crippen LogP contribution in [0.2, 0.25) is 0 Å². The van der Waals surface area contributed by atoms with Gasteiger partial charge in [0.15, 0.2) is 0 Å². The molecule has 2 unspecified atom stereocenters. The van der Waals surface area contributed by atoms with Crippen molar-refractivity contribution in [2.45, 2.75) is 64.6 Å². The number of hydrogen-bond donors (Lipinski definition) is 0. The number of carbonyl (C=O) groups is 2. The molecule has 5 atom stereocenters. The van der Waals surface area contributed by atoms with Crippen LogP contribution < -0.4 is 0 Å². The Balaban J connectivity index is 2.03. The Labute approximate surface area is 165 Å². The Hall–Kier alpha value is -2.18. The van der Waals surface area contributed by atoms with Crippen molar-refractivity contribution in [2.75, 3.05) is 6.61 Å². The molecular weight excluding hydrogens is 360 g/mol. The predicted octanol–water partition coefficient (Wildman–Crippen LogP) is 3.39. The van der Waals surface area contributed by atoms with E-state index < -0.39 is 42.0 Å². The molecule has 1 saturated heterocycles. The van der Waals surface area contributed by atoms with Crippen LogP contribution in [0.15, 0.2) is 47.6 Å². The van der Waals surface area contributed by atoms with E-state index in [-0.39, 0.29) is 0 Å². The summed E-state index contributed by atoms with van der Waals surface area (Å²) in [6, 6.07) is 0. The van der Waals surface area contributed by atoms with Gasteiger partial charge in [-0.1, -0.05) is 25.7 Å². The first kappa shape index (κ1) is 20.6. The molecule has 0 radical (unpaired) electrons. The monoisotopic (exact) mass is 388 g/mol. The van der Waals surface area contributed by atoms with Crippen molar-refractivity contribution < 1.29 is 28.5 Å². The fraction of sp³-hybridized carbons (Fsp3) is 0.545. The fourth-order valence-corrected chi connectivity index (χ4v) is 4.00. The topological polar surface area (TPSA) is 71.1 Å². The van der Waals surface area contributed by atoms with E-state index in [0.717, 1.165) is 17.6 Å². The lowest BCUT2D eigenvalue weighted by Gasteiger charge is -2.31. The van der Waals surface area contributed by atoms with Gasteiger partial charge in [0, 0.05) is 17.6 Å².